The van der Waals surface area contributed by atoms with Gasteiger partial charge < -0.3 is 4.90 Å². The van der Waals surface area contributed by atoms with Crippen molar-refractivity contribution in [3.63, 3.8) is 0 Å². The van der Waals surface area contributed by atoms with Gasteiger partial charge >= 0.3 is 6.18 Å². The van der Waals surface area contributed by atoms with Gasteiger partial charge in [0.2, 0.25) is 5.82 Å². The molecular weight excluding hydrogens is 500 g/mol. The summed E-state index contributed by atoms with van der Waals surface area (Å²) in [4.78, 5) is 11.3. The van der Waals surface area contributed by atoms with Gasteiger partial charge in [0.15, 0.2) is 0 Å². The maximum atomic E-state index is 13.9. The molecule has 36 heavy (non-hydrogen) atoms. The number of halogens is 4. The fourth-order valence-corrected chi connectivity index (χ4v) is 4.27. The van der Waals surface area contributed by atoms with Gasteiger partial charge in [-0.3, -0.25) is 14.2 Å². The van der Waals surface area contributed by atoms with Crippen LogP contribution in [0.3, 0.4) is 0 Å². The van der Waals surface area contributed by atoms with Gasteiger partial charge in [-0.25, -0.2) is 18.6 Å². The van der Waals surface area contributed by atoms with Crippen molar-refractivity contribution in [1.82, 2.24) is 14.9 Å². The Balaban J connectivity index is 1.94. The van der Waals surface area contributed by atoms with Crippen molar-refractivity contribution >= 4 is 22.8 Å². The van der Waals surface area contributed by atoms with Crippen LogP contribution in [0, 0.1) is 17.1 Å². The minimum Gasteiger partial charge on any atom is -0.353 e. The Kier molecular flexibility index (Phi) is 7.48. The number of nitrogens with zero attached hydrogens (tertiary/aromatic N) is 5. The van der Waals surface area contributed by atoms with Gasteiger partial charge in [-0.15, -0.1) is 0 Å². The average Bonchev–Trinajstić information content (AvgIpc) is 2.84. The minimum absolute atomic E-state index is 0.0236. The topological polar surface area (TPSA) is 105 Å². The zero-order valence-corrected chi connectivity index (χ0v) is 19.5. The van der Waals surface area contributed by atoms with Crippen LogP contribution in [-0.2, 0) is 17.4 Å². The third-order valence-electron chi connectivity index (χ3n) is 5.58. The largest absolute Gasteiger partial charge is 0.451 e. The summed E-state index contributed by atoms with van der Waals surface area (Å²) in [6.45, 7) is 1.70. The molecule has 1 saturated heterocycles. The lowest BCUT2D eigenvalue weighted by Crippen LogP contribution is -2.47. The van der Waals surface area contributed by atoms with Crippen LogP contribution in [0.1, 0.15) is 5.82 Å². The second-order valence-corrected chi connectivity index (χ2v) is 8.65. The fourth-order valence-electron chi connectivity index (χ4n) is 3.94. The zero-order chi connectivity index (χ0) is 25.9. The smallest absolute Gasteiger partial charge is 0.353 e. The highest BCUT2D eigenvalue weighted by Crippen LogP contribution is 2.41. The van der Waals surface area contributed by atoms with Crippen molar-refractivity contribution in [1.29, 1.82) is 5.26 Å². The van der Waals surface area contributed by atoms with Gasteiger partial charge in [-0.2, -0.15) is 18.4 Å². The number of benzene rings is 2. The highest BCUT2D eigenvalue weighted by molar-refractivity contribution is 7.80. The second-order valence-electron chi connectivity index (χ2n) is 7.95. The lowest BCUT2D eigenvalue weighted by atomic mass is 9.98. The minimum atomic E-state index is -4.85. The Bertz CT molecular complexity index is 1310. The number of nitriles is 1. The quantitative estimate of drug-likeness (QED) is 0.286. The van der Waals surface area contributed by atoms with Crippen LogP contribution in [0.5, 0.6) is 0 Å². The predicted octanol–water partition coefficient (Wildman–Crippen LogP) is 4.16. The lowest BCUT2D eigenvalue weighted by molar-refractivity contribution is -0.144. The molecule has 0 bridgehead atoms. The summed E-state index contributed by atoms with van der Waals surface area (Å²) in [5.41, 5.74) is 1.09. The van der Waals surface area contributed by atoms with Crippen LogP contribution in [0.25, 0.3) is 22.4 Å². The first kappa shape index (κ1) is 25.5. The normalized spacial score (nSPS) is 15.4. The summed E-state index contributed by atoms with van der Waals surface area (Å²) in [6, 6.07) is 13.2. The van der Waals surface area contributed by atoms with Crippen LogP contribution in [-0.4, -0.2) is 56.4 Å². The first-order valence-corrected chi connectivity index (χ1v) is 11.8. The van der Waals surface area contributed by atoms with Crippen molar-refractivity contribution in [3.05, 3.63) is 60.2 Å². The maximum absolute atomic E-state index is 13.9. The molecule has 1 fully saturated rings. The summed E-state index contributed by atoms with van der Waals surface area (Å²) in [5, 5.41) is 8.97. The first-order chi connectivity index (χ1) is 17.2. The van der Waals surface area contributed by atoms with Crippen LogP contribution in [0.4, 0.5) is 29.1 Å². The molecule has 1 aliphatic rings. The zero-order valence-electron chi connectivity index (χ0n) is 18.7. The SMILES string of the molecule is N#CCN1CCN(c2nc(C(F)(F)F)nc(-c3ccc(F)cc3)c2-c2cccc(NS(=O)O)c2)CC1. The molecule has 2 aromatic carbocycles. The molecule has 1 aromatic heterocycles. The molecule has 1 atom stereocenters. The van der Waals surface area contributed by atoms with E-state index in [1.54, 1.807) is 17.0 Å². The fraction of sp³-hybridized carbons (Fsp3) is 0.261. The Morgan fingerprint density at radius 1 is 1.06 bits per heavy atom. The number of aromatic nitrogens is 2. The highest BCUT2D eigenvalue weighted by Gasteiger charge is 2.38. The van der Waals surface area contributed by atoms with Crippen LogP contribution < -0.4 is 9.62 Å². The van der Waals surface area contributed by atoms with E-state index in [9.17, 15) is 26.3 Å². The number of nitrogens with one attached hydrogen (secondary N) is 1. The van der Waals surface area contributed by atoms with Crippen molar-refractivity contribution < 1.29 is 26.3 Å². The lowest BCUT2D eigenvalue weighted by Gasteiger charge is -2.35. The van der Waals surface area contributed by atoms with Gasteiger partial charge in [-0.1, -0.05) is 12.1 Å². The van der Waals surface area contributed by atoms with Gasteiger partial charge in [-0.05, 0) is 42.0 Å². The summed E-state index contributed by atoms with van der Waals surface area (Å²) >= 11 is -2.37. The Morgan fingerprint density at radius 2 is 1.75 bits per heavy atom. The molecule has 3 aromatic rings. The maximum Gasteiger partial charge on any atom is 0.451 e. The predicted molar refractivity (Wildman–Crippen MR) is 127 cm³/mol. The first-order valence-electron chi connectivity index (χ1n) is 10.7. The van der Waals surface area contributed by atoms with E-state index < -0.39 is 29.1 Å². The summed E-state index contributed by atoms with van der Waals surface area (Å²) in [5.74, 6) is -1.88. The number of alkyl halides is 3. The molecule has 0 aliphatic carbocycles. The van der Waals surface area contributed by atoms with Gasteiger partial charge in [0.1, 0.15) is 11.6 Å². The molecule has 8 nitrogen and oxygen atoms in total. The summed E-state index contributed by atoms with van der Waals surface area (Å²) in [7, 11) is 0. The molecule has 2 N–H and O–H groups in total. The highest BCUT2D eigenvalue weighted by atomic mass is 32.2. The third-order valence-corrected chi connectivity index (χ3v) is 5.99. The standard InChI is InChI=1S/C23H20F4N6O2S/c24-17-6-4-15(5-7-17)20-19(16-2-1-3-18(14-16)31-36(34)35)21(30-22(29-20)23(25,26)27)33-12-10-32(9-8-28)11-13-33/h1-7,14,31H,9-13H2,(H,34,35). The Labute approximate surface area is 206 Å². The molecule has 0 saturated carbocycles. The number of hydrogen-bond donors (Lipinski definition) is 2. The van der Waals surface area contributed by atoms with Gasteiger partial charge in [0, 0.05) is 37.4 Å². The summed E-state index contributed by atoms with van der Waals surface area (Å²) in [6.07, 6.45) is -4.85. The molecule has 1 unspecified atom stereocenters. The van der Waals surface area contributed by atoms with E-state index in [-0.39, 0.29) is 34.9 Å². The average molecular weight is 521 g/mol. The molecule has 0 amide bonds. The van der Waals surface area contributed by atoms with E-state index in [4.69, 9.17) is 5.26 Å². The van der Waals surface area contributed by atoms with E-state index in [0.717, 1.165) is 12.1 Å². The second kappa shape index (κ2) is 10.6. The van der Waals surface area contributed by atoms with Crippen molar-refractivity contribution in [2.24, 2.45) is 0 Å². The van der Waals surface area contributed by atoms with E-state index in [1.807, 2.05) is 4.90 Å². The van der Waals surface area contributed by atoms with E-state index in [2.05, 4.69) is 20.8 Å². The number of rotatable bonds is 6. The Hall–Kier alpha value is -3.60. The Morgan fingerprint density at radius 3 is 2.36 bits per heavy atom. The molecule has 2 heterocycles. The van der Waals surface area contributed by atoms with Crippen LogP contribution in [0.15, 0.2) is 48.5 Å². The van der Waals surface area contributed by atoms with Crippen LogP contribution >= 0.6 is 0 Å². The number of anilines is 2. The van der Waals surface area contributed by atoms with E-state index in [1.165, 1.54) is 24.3 Å². The molecule has 4 rings (SSSR count). The molecule has 13 heteroatoms. The molecular formula is C23H20F4N6O2S. The number of hydrogen-bond acceptors (Lipinski definition) is 6. The third kappa shape index (κ3) is 5.78. The van der Waals surface area contributed by atoms with E-state index >= 15 is 0 Å². The molecule has 0 spiro atoms. The van der Waals surface area contributed by atoms with Crippen LogP contribution in [0.2, 0.25) is 0 Å². The van der Waals surface area contributed by atoms with Gasteiger partial charge in [0.05, 0.1) is 23.9 Å². The molecule has 188 valence electrons. The van der Waals surface area contributed by atoms with Crippen molar-refractivity contribution in [2.45, 2.75) is 6.18 Å². The monoisotopic (exact) mass is 520 g/mol. The van der Waals surface area contributed by atoms with Crippen molar-refractivity contribution in [3.8, 4) is 28.5 Å². The molecule has 1 aliphatic heterocycles. The summed E-state index contributed by atoms with van der Waals surface area (Å²) < 4.78 is 78.1. The van der Waals surface area contributed by atoms with Crippen molar-refractivity contribution in [2.75, 3.05) is 42.3 Å². The number of piperazine rings is 1. The molecule has 0 radical (unpaired) electrons. The van der Waals surface area contributed by atoms with E-state index in [0.29, 0.717) is 31.7 Å². The van der Waals surface area contributed by atoms with Gasteiger partial charge in [0.25, 0.3) is 11.3 Å².